The van der Waals surface area contributed by atoms with Gasteiger partial charge in [-0.05, 0) is 22.4 Å². The summed E-state index contributed by atoms with van der Waals surface area (Å²) in [6.45, 7) is 11.3. The van der Waals surface area contributed by atoms with Gasteiger partial charge in [-0.25, -0.2) is 0 Å². The first-order valence-corrected chi connectivity index (χ1v) is 4.48. The van der Waals surface area contributed by atoms with Gasteiger partial charge in [0.1, 0.15) is 0 Å². The first kappa shape index (κ1) is 11.8. The minimum Gasteiger partial charge on any atom is -0.342 e. The van der Waals surface area contributed by atoms with Crippen molar-refractivity contribution in [1.82, 2.24) is 5.32 Å². The third kappa shape index (κ3) is 3.44. The maximum absolute atomic E-state index is 10.5. The highest BCUT2D eigenvalue weighted by atomic mass is 35.5. The molecular formula is C9H18ClNO. The molecule has 1 N–H and O–H groups in total. The summed E-state index contributed by atoms with van der Waals surface area (Å²) in [6, 6.07) is 0. The molecule has 12 heavy (non-hydrogen) atoms. The quantitative estimate of drug-likeness (QED) is 0.528. The van der Waals surface area contributed by atoms with Gasteiger partial charge in [0.05, 0.1) is 0 Å². The van der Waals surface area contributed by atoms with Gasteiger partial charge < -0.3 is 5.32 Å². The first-order valence-electron chi connectivity index (χ1n) is 4.10. The lowest BCUT2D eigenvalue weighted by atomic mass is 9.69. The molecule has 2 nitrogen and oxygen atoms in total. The molecule has 0 fully saturated rings. The van der Waals surface area contributed by atoms with E-state index in [1.54, 1.807) is 0 Å². The van der Waals surface area contributed by atoms with Crippen molar-refractivity contribution >= 4 is 17.0 Å². The van der Waals surface area contributed by atoms with E-state index in [4.69, 9.17) is 11.6 Å². The van der Waals surface area contributed by atoms with Crippen LogP contribution in [0.5, 0.6) is 0 Å². The number of rotatable bonds is 2. The Morgan fingerprint density at radius 3 is 1.92 bits per heavy atom. The summed E-state index contributed by atoms with van der Waals surface area (Å²) in [5, 5.41) is 2.14. The molecular weight excluding hydrogens is 174 g/mol. The standard InChI is InChI=1S/C9H18ClNO/c1-8(2,3)9(4,5)6-11-7(10)12/h6H2,1-5H3,(H,11,12). The minimum atomic E-state index is -0.479. The maximum Gasteiger partial charge on any atom is 0.313 e. The number of amides is 1. The van der Waals surface area contributed by atoms with Crippen LogP contribution in [0.3, 0.4) is 0 Å². The van der Waals surface area contributed by atoms with Gasteiger partial charge in [-0.3, -0.25) is 4.79 Å². The van der Waals surface area contributed by atoms with Crippen molar-refractivity contribution < 1.29 is 4.79 Å². The molecule has 0 aromatic carbocycles. The lowest BCUT2D eigenvalue weighted by Crippen LogP contribution is -2.40. The Labute approximate surface area is 79.7 Å². The van der Waals surface area contributed by atoms with E-state index in [2.05, 4.69) is 39.9 Å². The van der Waals surface area contributed by atoms with E-state index >= 15 is 0 Å². The van der Waals surface area contributed by atoms with Gasteiger partial charge >= 0.3 is 5.37 Å². The second-order valence-electron chi connectivity index (χ2n) is 4.76. The molecule has 0 aliphatic heterocycles. The van der Waals surface area contributed by atoms with Crippen LogP contribution in [0.1, 0.15) is 34.6 Å². The van der Waals surface area contributed by atoms with Crippen LogP contribution in [0.4, 0.5) is 4.79 Å². The van der Waals surface area contributed by atoms with Crippen LogP contribution in [0, 0.1) is 10.8 Å². The Morgan fingerprint density at radius 2 is 1.67 bits per heavy atom. The summed E-state index contributed by atoms with van der Waals surface area (Å²) in [4.78, 5) is 10.5. The highest BCUT2D eigenvalue weighted by Gasteiger charge is 2.32. The normalized spacial score (nSPS) is 12.8. The number of carbonyl (C=O) groups excluding carboxylic acids is 1. The highest BCUT2D eigenvalue weighted by Crippen LogP contribution is 2.36. The zero-order valence-electron chi connectivity index (χ0n) is 8.49. The second kappa shape index (κ2) is 3.65. The third-order valence-corrected chi connectivity index (χ3v) is 2.83. The van der Waals surface area contributed by atoms with E-state index < -0.39 is 5.37 Å². The molecule has 0 saturated carbocycles. The molecule has 0 aliphatic rings. The fourth-order valence-corrected chi connectivity index (χ4v) is 0.622. The average molecular weight is 192 g/mol. The molecule has 0 unspecified atom stereocenters. The third-order valence-electron chi connectivity index (χ3n) is 2.70. The summed E-state index contributed by atoms with van der Waals surface area (Å²) in [5.74, 6) is 0. The smallest absolute Gasteiger partial charge is 0.313 e. The van der Waals surface area contributed by atoms with Crippen LogP contribution in [0.15, 0.2) is 0 Å². The second-order valence-corrected chi connectivity index (χ2v) is 5.10. The summed E-state index contributed by atoms with van der Waals surface area (Å²) in [6.07, 6.45) is 0. The fourth-order valence-electron chi connectivity index (χ4n) is 0.556. The predicted molar refractivity (Wildman–Crippen MR) is 52.5 cm³/mol. The maximum atomic E-state index is 10.5. The van der Waals surface area contributed by atoms with Crippen LogP contribution in [-0.2, 0) is 0 Å². The van der Waals surface area contributed by atoms with Crippen molar-refractivity contribution in [2.75, 3.05) is 6.54 Å². The van der Waals surface area contributed by atoms with Gasteiger partial charge in [0, 0.05) is 6.54 Å². The summed E-state index contributed by atoms with van der Waals surface area (Å²) in [5.41, 5.74) is 0.212. The van der Waals surface area contributed by atoms with Gasteiger partial charge in [-0.15, -0.1) is 0 Å². The van der Waals surface area contributed by atoms with E-state index in [9.17, 15) is 4.79 Å². The van der Waals surface area contributed by atoms with Crippen molar-refractivity contribution in [3.63, 3.8) is 0 Å². The molecule has 0 aliphatic carbocycles. The average Bonchev–Trinajstić information content (AvgIpc) is 1.81. The minimum absolute atomic E-state index is 0.0531. The van der Waals surface area contributed by atoms with E-state index in [1.165, 1.54) is 0 Å². The zero-order valence-corrected chi connectivity index (χ0v) is 9.25. The Morgan fingerprint density at radius 1 is 1.25 bits per heavy atom. The summed E-state index contributed by atoms with van der Waals surface area (Å²) >= 11 is 5.18. The molecule has 0 radical (unpaired) electrons. The molecule has 0 bridgehead atoms. The Bertz CT molecular complexity index is 170. The van der Waals surface area contributed by atoms with Crippen LogP contribution in [-0.4, -0.2) is 11.9 Å². The number of carbonyl (C=O) groups is 1. The predicted octanol–water partition coefficient (Wildman–Crippen LogP) is 3.01. The van der Waals surface area contributed by atoms with Crippen molar-refractivity contribution in [3.05, 3.63) is 0 Å². The van der Waals surface area contributed by atoms with Gasteiger partial charge in [-0.2, -0.15) is 0 Å². The van der Waals surface area contributed by atoms with Crippen LogP contribution in [0.25, 0.3) is 0 Å². The lowest BCUT2D eigenvalue weighted by Gasteiger charge is -2.38. The molecule has 3 heteroatoms. The molecule has 0 spiro atoms. The van der Waals surface area contributed by atoms with Gasteiger partial charge in [0.2, 0.25) is 0 Å². The summed E-state index contributed by atoms with van der Waals surface area (Å²) < 4.78 is 0. The molecule has 0 saturated heterocycles. The molecule has 72 valence electrons. The molecule has 1 amide bonds. The van der Waals surface area contributed by atoms with E-state index in [0.717, 1.165) is 0 Å². The number of hydrogen-bond donors (Lipinski definition) is 1. The number of nitrogens with one attached hydrogen (secondary N) is 1. The van der Waals surface area contributed by atoms with E-state index in [0.29, 0.717) is 6.54 Å². The molecule has 0 rings (SSSR count). The van der Waals surface area contributed by atoms with Crippen LogP contribution >= 0.6 is 11.6 Å². The topological polar surface area (TPSA) is 29.1 Å². The number of hydrogen-bond acceptors (Lipinski definition) is 1. The Kier molecular flexibility index (Phi) is 3.58. The molecule has 0 aromatic heterocycles. The largest absolute Gasteiger partial charge is 0.342 e. The number of halogens is 1. The van der Waals surface area contributed by atoms with Gasteiger partial charge in [0.25, 0.3) is 0 Å². The first-order chi connectivity index (χ1) is 5.17. The van der Waals surface area contributed by atoms with Crippen molar-refractivity contribution in [2.24, 2.45) is 10.8 Å². The fraction of sp³-hybridized carbons (Fsp3) is 0.889. The van der Waals surface area contributed by atoms with Gasteiger partial charge in [-0.1, -0.05) is 34.6 Å². The SMILES string of the molecule is CC(C)(C)C(C)(C)CNC(=O)Cl. The monoisotopic (exact) mass is 191 g/mol. The van der Waals surface area contributed by atoms with E-state index in [1.807, 2.05) is 0 Å². The van der Waals surface area contributed by atoms with Gasteiger partial charge in [0.15, 0.2) is 0 Å². The zero-order chi connectivity index (χ0) is 9.99. The lowest BCUT2D eigenvalue weighted by molar-refractivity contribution is 0.133. The van der Waals surface area contributed by atoms with Crippen molar-refractivity contribution in [3.8, 4) is 0 Å². The summed E-state index contributed by atoms with van der Waals surface area (Å²) in [7, 11) is 0. The van der Waals surface area contributed by atoms with Crippen LogP contribution < -0.4 is 5.32 Å². The Hall–Kier alpha value is -0.240. The van der Waals surface area contributed by atoms with Crippen molar-refractivity contribution in [1.29, 1.82) is 0 Å². The molecule has 0 aromatic rings. The molecule has 0 heterocycles. The molecule has 0 atom stereocenters. The Balaban J connectivity index is 4.14. The van der Waals surface area contributed by atoms with Crippen LogP contribution in [0.2, 0.25) is 0 Å². The highest BCUT2D eigenvalue weighted by molar-refractivity contribution is 6.62. The van der Waals surface area contributed by atoms with E-state index in [-0.39, 0.29) is 10.8 Å². The van der Waals surface area contributed by atoms with Crippen molar-refractivity contribution in [2.45, 2.75) is 34.6 Å².